The van der Waals surface area contributed by atoms with Gasteiger partial charge < -0.3 is 10.1 Å². The molecule has 1 rings (SSSR count). The first-order valence-electron chi connectivity index (χ1n) is 5.68. The van der Waals surface area contributed by atoms with Crippen LogP contribution in [0.1, 0.15) is 29.3 Å². The lowest BCUT2D eigenvalue weighted by Gasteiger charge is -2.07. The van der Waals surface area contributed by atoms with E-state index in [-0.39, 0.29) is 11.9 Å². The predicted octanol–water partition coefficient (Wildman–Crippen LogP) is 2.44. The Bertz CT molecular complexity index is 446. The predicted molar refractivity (Wildman–Crippen MR) is 72.5 cm³/mol. The molecule has 0 unspecified atom stereocenters. The maximum Gasteiger partial charge on any atom is 0.338 e. The first-order chi connectivity index (χ1) is 8.50. The molecule has 0 atom stereocenters. The maximum absolute atomic E-state index is 11.8. The average Bonchev–Trinajstić information content (AvgIpc) is 2.31. The fourth-order valence-electron chi connectivity index (χ4n) is 1.39. The van der Waals surface area contributed by atoms with E-state index in [4.69, 9.17) is 4.74 Å². The van der Waals surface area contributed by atoms with E-state index in [0.29, 0.717) is 25.1 Å². The van der Waals surface area contributed by atoms with Gasteiger partial charge in [0.25, 0.3) is 0 Å². The number of aryl methyl sites for hydroxylation is 1. The van der Waals surface area contributed by atoms with Crippen LogP contribution in [0, 0.1) is 6.92 Å². The molecule has 0 aromatic heterocycles. The highest BCUT2D eigenvalue weighted by molar-refractivity contribution is 9.10. The molecule has 1 aromatic carbocycles. The molecule has 4 nitrogen and oxygen atoms in total. The number of ether oxygens (including phenoxy) is 1. The number of carbonyl (C=O) groups is 2. The van der Waals surface area contributed by atoms with Crippen molar-refractivity contribution < 1.29 is 14.3 Å². The summed E-state index contributed by atoms with van der Waals surface area (Å²) in [6.07, 6.45) is 0.609. The minimum atomic E-state index is -0.336. The Morgan fingerprint density at radius 1 is 1.39 bits per heavy atom. The van der Waals surface area contributed by atoms with Crippen LogP contribution in [0.15, 0.2) is 22.7 Å². The largest absolute Gasteiger partial charge is 0.462 e. The van der Waals surface area contributed by atoms with Gasteiger partial charge in [-0.3, -0.25) is 4.79 Å². The van der Waals surface area contributed by atoms with Crippen LogP contribution in [0.5, 0.6) is 0 Å². The number of hydrogen-bond acceptors (Lipinski definition) is 3. The van der Waals surface area contributed by atoms with Crippen molar-refractivity contribution in [1.29, 1.82) is 0 Å². The van der Waals surface area contributed by atoms with Gasteiger partial charge in [-0.2, -0.15) is 0 Å². The number of halogens is 1. The van der Waals surface area contributed by atoms with E-state index in [1.54, 1.807) is 6.07 Å². The number of esters is 1. The molecule has 0 saturated carbocycles. The lowest BCUT2D eigenvalue weighted by molar-refractivity contribution is -0.118. The van der Waals surface area contributed by atoms with Crippen LogP contribution >= 0.6 is 15.9 Å². The molecule has 0 aliphatic carbocycles. The summed E-state index contributed by atoms with van der Waals surface area (Å²) in [6, 6.07) is 5.48. The second-order valence-electron chi connectivity index (χ2n) is 3.93. The zero-order valence-corrected chi connectivity index (χ0v) is 12.0. The number of nitrogens with one attached hydrogen (secondary N) is 1. The Morgan fingerprint density at radius 3 is 2.78 bits per heavy atom. The Balaban J connectivity index is 2.41. The van der Waals surface area contributed by atoms with Gasteiger partial charge in [0.1, 0.15) is 0 Å². The molecule has 0 radical (unpaired) electrons. The van der Waals surface area contributed by atoms with E-state index < -0.39 is 0 Å². The molecule has 0 fully saturated rings. The van der Waals surface area contributed by atoms with Crippen molar-refractivity contribution >= 4 is 27.8 Å². The fourth-order valence-corrected chi connectivity index (χ4v) is 1.75. The molecular formula is C13H16BrNO3. The highest BCUT2D eigenvalue weighted by Crippen LogP contribution is 2.16. The Hall–Kier alpha value is -1.36. The van der Waals surface area contributed by atoms with E-state index in [9.17, 15) is 9.59 Å². The molecule has 0 aliphatic rings. The average molecular weight is 314 g/mol. The first kappa shape index (κ1) is 14.7. The summed E-state index contributed by atoms with van der Waals surface area (Å²) in [5.74, 6) is -0.416. The van der Waals surface area contributed by atoms with Crippen LogP contribution in [0.3, 0.4) is 0 Å². The Kier molecular flexibility index (Phi) is 5.85. The molecule has 98 valence electrons. The zero-order valence-electron chi connectivity index (χ0n) is 10.5. The first-order valence-corrected chi connectivity index (χ1v) is 6.47. The van der Waals surface area contributed by atoms with Crippen molar-refractivity contribution in [3.8, 4) is 0 Å². The third-order valence-electron chi connectivity index (χ3n) is 2.35. The van der Waals surface area contributed by atoms with Crippen LogP contribution in [0.2, 0.25) is 0 Å². The monoisotopic (exact) mass is 313 g/mol. The molecule has 1 aromatic rings. The number of hydrogen-bond donors (Lipinski definition) is 1. The van der Waals surface area contributed by atoms with E-state index in [2.05, 4.69) is 21.2 Å². The van der Waals surface area contributed by atoms with E-state index in [0.717, 1.165) is 10.0 Å². The third kappa shape index (κ3) is 4.87. The lowest BCUT2D eigenvalue weighted by Crippen LogP contribution is -2.22. The second kappa shape index (κ2) is 7.16. The third-order valence-corrected chi connectivity index (χ3v) is 2.84. The highest BCUT2D eigenvalue weighted by atomic mass is 79.9. The van der Waals surface area contributed by atoms with Gasteiger partial charge in [-0.25, -0.2) is 4.79 Å². The van der Waals surface area contributed by atoms with Crippen molar-refractivity contribution in [2.24, 2.45) is 0 Å². The van der Waals surface area contributed by atoms with Gasteiger partial charge in [-0.05, 0) is 31.0 Å². The number of amides is 1. The molecule has 18 heavy (non-hydrogen) atoms. The number of carbonyl (C=O) groups excluding carboxylic acids is 2. The summed E-state index contributed by atoms with van der Waals surface area (Å²) < 4.78 is 5.98. The van der Waals surface area contributed by atoms with Crippen molar-refractivity contribution in [2.45, 2.75) is 20.3 Å². The molecule has 0 saturated heterocycles. The van der Waals surface area contributed by atoms with Gasteiger partial charge in [-0.15, -0.1) is 0 Å². The molecular weight excluding hydrogens is 298 g/mol. The summed E-state index contributed by atoms with van der Waals surface area (Å²) >= 11 is 3.32. The van der Waals surface area contributed by atoms with Crippen molar-refractivity contribution in [1.82, 2.24) is 5.32 Å². The summed E-state index contributed by atoms with van der Waals surface area (Å²) in [4.78, 5) is 22.4. The van der Waals surface area contributed by atoms with Crippen LogP contribution in [-0.4, -0.2) is 25.0 Å². The minimum absolute atomic E-state index is 0.0795. The van der Waals surface area contributed by atoms with Crippen LogP contribution in [0.4, 0.5) is 0 Å². The van der Waals surface area contributed by atoms with Gasteiger partial charge in [0.2, 0.25) is 5.91 Å². The van der Waals surface area contributed by atoms with Crippen molar-refractivity contribution in [3.63, 3.8) is 0 Å². The maximum atomic E-state index is 11.8. The van der Waals surface area contributed by atoms with E-state index in [1.807, 2.05) is 19.1 Å². The standard InChI is InChI=1S/C13H16BrNO3/c1-9-4-5-11(14)8-12(9)13(17)18-7-3-6-15-10(2)16/h4-5,8H,3,6-7H2,1-2H3,(H,15,16). The molecule has 0 bridgehead atoms. The smallest absolute Gasteiger partial charge is 0.338 e. The van der Waals surface area contributed by atoms with Crippen LogP contribution in [0.25, 0.3) is 0 Å². The molecule has 1 amide bonds. The Labute approximate surface area is 115 Å². The van der Waals surface area contributed by atoms with Gasteiger partial charge in [-0.1, -0.05) is 22.0 Å². The SMILES string of the molecule is CC(=O)NCCCOC(=O)c1cc(Br)ccc1C. The minimum Gasteiger partial charge on any atom is -0.462 e. The van der Waals surface area contributed by atoms with Gasteiger partial charge >= 0.3 is 5.97 Å². The molecule has 1 N–H and O–H groups in total. The van der Waals surface area contributed by atoms with Crippen molar-refractivity contribution in [2.75, 3.05) is 13.2 Å². The van der Waals surface area contributed by atoms with Gasteiger partial charge in [0, 0.05) is 17.9 Å². The number of benzene rings is 1. The lowest BCUT2D eigenvalue weighted by atomic mass is 10.1. The second-order valence-corrected chi connectivity index (χ2v) is 4.85. The molecule has 5 heteroatoms. The molecule has 0 aliphatic heterocycles. The number of rotatable bonds is 5. The van der Waals surface area contributed by atoms with Crippen LogP contribution in [-0.2, 0) is 9.53 Å². The van der Waals surface area contributed by atoms with E-state index in [1.165, 1.54) is 6.92 Å². The normalized spacial score (nSPS) is 9.94. The van der Waals surface area contributed by atoms with Gasteiger partial charge in [0.05, 0.1) is 12.2 Å². The fraction of sp³-hybridized carbons (Fsp3) is 0.385. The summed E-state index contributed by atoms with van der Waals surface area (Å²) in [5, 5.41) is 2.64. The summed E-state index contributed by atoms with van der Waals surface area (Å²) in [7, 11) is 0. The van der Waals surface area contributed by atoms with Crippen molar-refractivity contribution in [3.05, 3.63) is 33.8 Å². The summed E-state index contributed by atoms with van der Waals surface area (Å²) in [5.41, 5.74) is 1.44. The van der Waals surface area contributed by atoms with Gasteiger partial charge in [0.15, 0.2) is 0 Å². The van der Waals surface area contributed by atoms with E-state index >= 15 is 0 Å². The zero-order chi connectivity index (χ0) is 13.5. The topological polar surface area (TPSA) is 55.4 Å². The molecule has 0 heterocycles. The quantitative estimate of drug-likeness (QED) is 0.671. The van der Waals surface area contributed by atoms with Crippen LogP contribution < -0.4 is 5.32 Å². The highest BCUT2D eigenvalue weighted by Gasteiger charge is 2.10. The summed E-state index contributed by atoms with van der Waals surface area (Å²) in [6.45, 7) is 4.13. The Morgan fingerprint density at radius 2 is 2.11 bits per heavy atom. The molecule has 0 spiro atoms.